The quantitative estimate of drug-likeness (QED) is 0.447. The van der Waals surface area contributed by atoms with Crippen LogP contribution in [0.15, 0.2) is 91.0 Å². The summed E-state index contributed by atoms with van der Waals surface area (Å²) in [5.41, 5.74) is 7.56. The summed E-state index contributed by atoms with van der Waals surface area (Å²) in [6, 6.07) is 29.7. The topological polar surface area (TPSA) is 40.5 Å². The Morgan fingerprint density at radius 1 is 0.519 bits per heavy atom. The molecule has 132 valence electrons. The normalized spacial score (nSPS) is 10.7. The van der Waals surface area contributed by atoms with Gasteiger partial charge in [-0.15, -0.1) is 0 Å². The molecule has 0 atom stereocenters. The lowest BCUT2D eigenvalue weighted by atomic mass is 9.92. The van der Waals surface area contributed by atoms with E-state index in [9.17, 15) is 10.2 Å². The van der Waals surface area contributed by atoms with Gasteiger partial charge in [-0.05, 0) is 70.1 Å². The molecule has 0 bridgehead atoms. The van der Waals surface area contributed by atoms with Crippen LogP contribution in [0, 0.1) is 6.92 Å². The van der Waals surface area contributed by atoms with Crippen molar-refractivity contribution in [2.45, 2.75) is 6.92 Å². The second-order valence-corrected chi connectivity index (χ2v) is 6.67. The molecule has 0 spiro atoms. The summed E-state index contributed by atoms with van der Waals surface area (Å²) in [5.74, 6) is 0.586. The minimum atomic E-state index is 0.272. The van der Waals surface area contributed by atoms with Crippen LogP contribution < -0.4 is 0 Å². The Morgan fingerprint density at radius 3 is 1.59 bits per heavy atom. The highest BCUT2D eigenvalue weighted by molar-refractivity contribution is 5.84. The average molecular weight is 352 g/mol. The maximum atomic E-state index is 9.82. The van der Waals surface area contributed by atoms with Crippen molar-refractivity contribution in [1.29, 1.82) is 0 Å². The van der Waals surface area contributed by atoms with Crippen molar-refractivity contribution in [3.05, 3.63) is 96.6 Å². The van der Waals surface area contributed by atoms with E-state index in [1.54, 1.807) is 18.2 Å². The molecule has 2 heteroatoms. The molecule has 0 saturated heterocycles. The fraction of sp³-hybridized carbons (Fsp3) is 0.0400. The molecule has 0 saturated carbocycles. The van der Waals surface area contributed by atoms with E-state index in [2.05, 4.69) is 36.4 Å². The summed E-state index contributed by atoms with van der Waals surface area (Å²) in [6.07, 6.45) is 0. The number of hydrogen-bond donors (Lipinski definition) is 2. The number of phenols is 2. The van der Waals surface area contributed by atoms with Gasteiger partial charge in [0.25, 0.3) is 0 Å². The molecule has 4 rings (SSSR count). The van der Waals surface area contributed by atoms with Crippen LogP contribution in [0.4, 0.5) is 0 Å². The highest BCUT2D eigenvalue weighted by Gasteiger charge is 2.09. The van der Waals surface area contributed by atoms with E-state index in [4.69, 9.17) is 0 Å². The lowest BCUT2D eigenvalue weighted by molar-refractivity contribution is 0.471. The van der Waals surface area contributed by atoms with Crippen LogP contribution in [-0.2, 0) is 0 Å². The van der Waals surface area contributed by atoms with Crippen molar-refractivity contribution < 1.29 is 10.2 Å². The van der Waals surface area contributed by atoms with E-state index in [1.807, 2.05) is 43.3 Å². The van der Waals surface area contributed by atoms with Gasteiger partial charge in [-0.1, -0.05) is 66.7 Å². The second-order valence-electron chi connectivity index (χ2n) is 6.67. The summed E-state index contributed by atoms with van der Waals surface area (Å²) in [6.45, 7) is 1.91. The average Bonchev–Trinajstić information content (AvgIpc) is 2.71. The molecule has 4 aromatic carbocycles. The van der Waals surface area contributed by atoms with Crippen molar-refractivity contribution >= 4 is 0 Å². The Labute approximate surface area is 159 Å². The van der Waals surface area contributed by atoms with E-state index in [0.717, 1.165) is 38.9 Å². The number of benzene rings is 4. The summed E-state index contributed by atoms with van der Waals surface area (Å²) < 4.78 is 0. The molecule has 0 aliphatic carbocycles. The van der Waals surface area contributed by atoms with Crippen molar-refractivity contribution in [1.82, 2.24) is 0 Å². The number of hydrogen-bond acceptors (Lipinski definition) is 2. The molecule has 0 aromatic heterocycles. The van der Waals surface area contributed by atoms with Gasteiger partial charge in [0.1, 0.15) is 11.5 Å². The Balaban J connectivity index is 1.74. The zero-order valence-corrected chi connectivity index (χ0v) is 15.1. The molecule has 0 aliphatic heterocycles. The molecule has 0 heterocycles. The van der Waals surface area contributed by atoms with E-state index in [-0.39, 0.29) is 5.75 Å². The molecule has 0 aliphatic rings. The van der Waals surface area contributed by atoms with Gasteiger partial charge in [-0.3, -0.25) is 0 Å². The number of aromatic hydroxyl groups is 2. The zero-order valence-electron chi connectivity index (χ0n) is 15.1. The number of aryl methyl sites for hydroxylation is 1. The van der Waals surface area contributed by atoms with E-state index >= 15 is 0 Å². The smallest absolute Gasteiger partial charge is 0.118 e. The van der Waals surface area contributed by atoms with Gasteiger partial charge < -0.3 is 10.2 Å². The number of rotatable bonds is 3. The number of phenolic OH excluding ortho intramolecular Hbond substituents is 2. The maximum Gasteiger partial charge on any atom is 0.118 e. The Hall–Kier alpha value is -3.52. The van der Waals surface area contributed by atoms with Crippen molar-refractivity contribution in [2.75, 3.05) is 0 Å². The third-order valence-electron chi connectivity index (χ3n) is 4.83. The van der Waals surface area contributed by atoms with Gasteiger partial charge >= 0.3 is 0 Å². The van der Waals surface area contributed by atoms with Gasteiger partial charge in [0.2, 0.25) is 0 Å². The predicted molar refractivity (Wildman–Crippen MR) is 111 cm³/mol. The highest BCUT2D eigenvalue weighted by atomic mass is 16.3. The molecular formula is C25H20O2. The summed E-state index contributed by atoms with van der Waals surface area (Å²) in [4.78, 5) is 0. The van der Waals surface area contributed by atoms with Crippen molar-refractivity contribution in [3.63, 3.8) is 0 Å². The van der Waals surface area contributed by atoms with Gasteiger partial charge in [0.15, 0.2) is 0 Å². The van der Waals surface area contributed by atoms with Crippen LogP contribution in [0.1, 0.15) is 5.56 Å². The molecule has 0 unspecified atom stereocenters. The second kappa shape index (κ2) is 7.00. The fourth-order valence-corrected chi connectivity index (χ4v) is 3.31. The minimum Gasteiger partial charge on any atom is -0.508 e. The first kappa shape index (κ1) is 16.9. The summed E-state index contributed by atoms with van der Waals surface area (Å²) >= 11 is 0. The van der Waals surface area contributed by atoms with E-state index in [0.29, 0.717) is 5.75 Å². The lowest BCUT2D eigenvalue weighted by Crippen LogP contribution is -1.87. The maximum absolute atomic E-state index is 9.82. The van der Waals surface area contributed by atoms with Crippen LogP contribution in [0.2, 0.25) is 0 Å². The fourth-order valence-electron chi connectivity index (χ4n) is 3.31. The standard InChI is InChI=1S/C25H20O2/c1-17-16-21(12-15-25(17)27)24-5-3-2-4-23(24)20-8-6-18(7-9-20)19-10-13-22(26)14-11-19/h2-16,26-27H,1H3. The SMILES string of the molecule is Cc1cc(-c2ccccc2-c2ccc(-c3ccc(O)cc3)cc2)ccc1O. The van der Waals surface area contributed by atoms with Crippen molar-refractivity contribution in [2.24, 2.45) is 0 Å². The molecule has 0 amide bonds. The molecule has 27 heavy (non-hydrogen) atoms. The molecule has 2 nitrogen and oxygen atoms in total. The van der Waals surface area contributed by atoms with Gasteiger partial charge in [-0.2, -0.15) is 0 Å². The molecule has 4 aromatic rings. The monoisotopic (exact) mass is 352 g/mol. The first-order valence-electron chi connectivity index (χ1n) is 8.91. The third kappa shape index (κ3) is 3.42. The van der Waals surface area contributed by atoms with Crippen LogP contribution in [0.25, 0.3) is 33.4 Å². The Kier molecular flexibility index (Phi) is 4.39. The lowest BCUT2D eigenvalue weighted by Gasteiger charge is -2.12. The first-order valence-corrected chi connectivity index (χ1v) is 8.91. The van der Waals surface area contributed by atoms with Crippen LogP contribution in [0.5, 0.6) is 11.5 Å². The van der Waals surface area contributed by atoms with E-state index < -0.39 is 0 Å². The Morgan fingerprint density at radius 2 is 1.00 bits per heavy atom. The summed E-state index contributed by atoms with van der Waals surface area (Å²) in [7, 11) is 0. The van der Waals surface area contributed by atoms with Crippen LogP contribution >= 0.6 is 0 Å². The van der Waals surface area contributed by atoms with Gasteiger partial charge in [0.05, 0.1) is 0 Å². The van der Waals surface area contributed by atoms with Crippen LogP contribution in [0.3, 0.4) is 0 Å². The van der Waals surface area contributed by atoms with E-state index in [1.165, 1.54) is 0 Å². The Bertz CT molecular complexity index is 1080. The highest BCUT2D eigenvalue weighted by Crippen LogP contribution is 2.35. The van der Waals surface area contributed by atoms with Gasteiger partial charge in [-0.25, -0.2) is 0 Å². The molecule has 2 N–H and O–H groups in total. The largest absolute Gasteiger partial charge is 0.508 e. The van der Waals surface area contributed by atoms with Crippen LogP contribution in [-0.4, -0.2) is 10.2 Å². The molecule has 0 fully saturated rings. The molecular weight excluding hydrogens is 332 g/mol. The predicted octanol–water partition coefficient (Wildman–Crippen LogP) is 6.41. The minimum absolute atomic E-state index is 0.272. The zero-order chi connectivity index (χ0) is 18.8. The first-order chi connectivity index (χ1) is 13.1. The summed E-state index contributed by atoms with van der Waals surface area (Å²) in [5, 5.41) is 19.3. The third-order valence-corrected chi connectivity index (χ3v) is 4.83. The molecule has 0 radical (unpaired) electrons. The van der Waals surface area contributed by atoms with Gasteiger partial charge in [0, 0.05) is 0 Å². The van der Waals surface area contributed by atoms with Crippen molar-refractivity contribution in [3.8, 4) is 44.9 Å².